The summed E-state index contributed by atoms with van der Waals surface area (Å²) in [6, 6.07) is 8.37. The highest BCUT2D eigenvalue weighted by Gasteiger charge is 2.22. The Morgan fingerprint density at radius 3 is 2.54 bits per heavy atom. The monoisotopic (exact) mass is 382 g/mol. The van der Waals surface area contributed by atoms with Crippen molar-refractivity contribution in [3.8, 4) is 11.5 Å². The summed E-state index contributed by atoms with van der Waals surface area (Å²) in [6.07, 6.45) is 1.49. The second-order valence-electron chi connectivity index (χ2n) is 6.84. The number of piperazine rings is 1. The molecule has 1 N–H and O–H groups in total. The van der Waals surface area contributed by atoms with Gasteiger partial charge in [-0.25, -0.2) is 0 Å². The van der Waals surface area contributed by atoms with Crippen molar-refractivity contribution in [2.45, 2.75) is 0 Å². The van der Waals surface area contributed by atoms with E-state index in [-0.39, 0.29) is 17.5 Å². The third-order valence-electron chi connectivity index (χ3n) is 4.83. The number of likely N-dealkylation sites (N-methyl/N-ethyl adjacent to an activating group) is 1. The number of pyridine rings is 1. The third-order valence-corrected chi connectivity index (χ3v) is 4.83. The lowest BCUT2D eigenvalue weighted by molar-refractivity contribution is 0.0658. The molecule has 8 heteroatoms. The number of amides is 2. The minimum atomic E-state index is -0.313. The quantitative estimate of drug-likeness (QED) is 0.866. The van der Waals surface area contributed by atoms with E-state index in [2.05, 4.69) is 15.2 Å². The highest BCUT2D eigenvalue weighted by atomic mass is 16.6. The van der Waals surface area contributed by atoms with Gasteiger partial charge in [0, 0.05) is 49.7 Å². The number of nitrogens with one attached hydrogen (secondary N) is 1. The molecule has 2 amide bonds. The normalized spacial score (nSPS) is 16.5. The highest BCUT2D eigenvalue weighted by Crippen LogP contribution is 2.32. The topological polar surface area (TPSA) is 84.0 Å². The maximum atomic E-state index is 12.7. The molecule has 2 aromatic rings. The first-order valence-corrected chi connectivity index (χ1v) is 9.25. The van der Waals surface area contributed by atoms with E-state index in [9.17, 15) is 9.59 Å². The Morgan fingerprint density at radius 1 is 1.00 bits per heavy atom. The summed E-state index contributed by atoms with van der Waals surface area (Å²) >= 11 is 0. The Kier molecular flexibility index (Phi) is 5.12. The maximum Gasteiger partial charge on any atom is 0.272 e. The van der Waals surface area contributed by atoms with Crippen LogP contribution < -0.4 is 14.8 Å². The molecule has 1 fully saturated rings. The second kappa shape index (κ2) is 7.85. The van der Waals surface area contributed by atoms with Gasteiger partial charge in [-0.3, -0.25) is 14.6 Å². The molecule has 4 rings (SSSR count). The molecule has 0 aliphatic carbocycles. The van der Waals surface area contributed by atoms with E-state index in [1.54, 1.807) is 29.2 Å². The van der Waals surface area contributed by atoms with Gasteiger partial charge in [0.05, 0.1) is 0 Å². The number of fused-ring (bicyclic) bond motifs is 1. The van der Waals surface area contributed by atoms with Gasteiger partial charge in [0.2, 0.25) is 0 Å². The number of hydrogen-bond acceptors (Lipinski definition) is 6. The van der Waals surface area contributed by atoms with Crippen LogP contribution in [-0.4, -0.2) is 73.0 Å². The zero-order valence-corrected chi connectivity index (χ0v) is 15.7. The van der Waals surface area contributed by atoms with Crippen molar-refractivity contribution in [1.29, 1.82) is 0 Å². The van der Waals surface area contributed by atoms with E-state index < -0.39 is 0 Å². The van der Waals surface area contributed by atoms with Crippen LogP contribution in [0.3, 0.4) is 0 Å². The fourth-order valence-corrected chi connectivity index (χ4v) is 3.18. The molecule has 3 heterocycles. The molecule has 0 bridgehead atoms. The van der Waals surface area contributed by atoms with E-state index in [0.717, 1.165) is 13.1 Å². The Balaban J connectivity index is 1.46. The predicted octanol–water partition coefficient (Wildman–Crippen LogP) is 1.49. The number of rotatable bonds is 3. The van der Waals surface area contributed by atoms with Crippen LogP contribution in [0.15, 0.2) is 36.5 Å². The summed E-state index contributed by atoms with van der Waals surface area (Å²) in [5.74, 6) is 0.798. The molecule has 0 atom stereocenters. The van der Waals surface area contributed by atoms with Gasteiger partial charge in [0.1, 0.15) is 18.9 Å². The lowest BCUT2D eigenvalue weighted by Gasteiger charge is -2.32. The zero-order valence-electron chi connectivity index (χ0n) is 15.7. The van der Waals surface area contributed by atoms with E-state index in [0.29, 0.717) is 49.1 Å². The van der Waals surface area contributed by atoms with Gasteiger partial charge in [-0.2, -0.15) is 0 Å². The van der Waals surface area contributed by atoms with Crippen molar-refractivity contribution in [1.82, 2.24) is 14.8 Å². The van der Waals surface area contributed by atoms with Gasteiger partial charge >= 0.3 is 0 Å². The van der Waals surface area contributed by atoms with E-state index >= 15 is 0 Å². The first kappa shape index (κ1) is 18.2. The largest absolute Gasteiger partial charge is 0.486 e. The molecule has 1 saturated heterocycles. The van der Waals surface area contributed by atoms with Gasteiger partial charge in [-0.1, -0.05) is 0 Å². The smallest absolute Gasteiger partial charge is 0.272 e. The van der Waals surface area contributed by atoms with E-state index in [1.165, 1.54) is 12.3 Å². The van der Waals surface area contributed by atoms with Crippen LogP contribution in [0, 0.1) is 0 Å². The fraction of sp³-hybridized carbons (Fsp3) is 0.350. The number of hydrogen-bond donors (Lipinski definition) is 1. The van der Waals surface area contributed by atoms with Crippen LogP contribution in [0.5, 0.6) is 11.5 Å². The first-order chi connectivity index (χ1) is 13.6. The lowest BCUT2D eigenvalue weighted by atomic mass is 10.2. The lowest BCUT2D eigenvalue weighted by Crippen LogP contribution is -2.47. The Labute approximate surface area is 163 Å². The van der Waals surface area contributed by atoms with Gasteiger partial charge in [0.25, 0.3) is 11.8 Å². The molecular weight excluding hydrogens is 360 g/mol. The molecule has 0 saturated carbocycles. The zero-order chi connectivity index (χ0) is 19.5. The summed E-state index contributed by atoms with van der Waals surface area (Å²) in [5, 5.41) is 2.83. The molecule has 2 aliphatic heterocycles. The molecule has 1 aromatic carbocycles. The number of aromatic nitrogens is 1. The van der Waals surface area contributed by atoms with Crippen molar-refractivity contribution < 1.29 is 19.1 Å². The van der Waals surface area contributed by atoms with Crippen molar-refractivity contribution in [2.75, 3.05) is 51.8 Å². The summed E-state index contributed by atoms with van der Waals surface area (Å²) in [5.41, 5.74) is 1.25. The fourth-order valence-electron chi connectivity index (χ4n) is 3.18. The van der Waals surface area contributed by atoms with Gasteiger partial charge in [0.15, 0.2) is 11.5 Å². The Morgan fingerprint density at radius 2 is 1.75 bits per heavy atom. The summed E-state index contributed by atoms with van der Waals surface area (Å²) in [4.78, 5) is 33.4. The number of ether oxygens (including phenoxy) is 2. The van der Waals surface area contributed by atoms with Gasteiger partial charge in [-0.05, 0) is 31.3 Å². The molecule has 2 aliphatic rings. The Hall–Kier alpha value is -3.13. The van der Waals surface area contributed by atoms with Crippen molar-refractivity contribution in [2.24, 2.45) is 0 Å². The average molecular weight is 382 g/mol. The average Bonchev–Trinajstić information content (AvgIpc) is 2.74. The van der Waals surface area contributed by atoms with Crippen LogP contribution in [0.25, 0.3) is 0 Å². The number of anilines is 1. The molecule has 0 unspecified atom stereocenters. The summed E-state index contributed by atoms with van der Waals surface area (Å²) < 4.78 is 11.0. The van der Waals surface area contributed by atoms with Crippen molar-refractivity contribution in [3.63, 3.8) is 0 Å². The van der Waals surface area contributed by atoms with Crippen LogP contribution in [0.1, 0.15) is 20.8 Å². The molecule has 0 radical (unpaired) electrons. The van der Waals surface area contributed by atoms with Crippen molar-refractivity contribution in [3.05, 3.63) is 47.8 Å². The predicted molar refractivity (Wildman–Crippen MR) is 103 cm³/mol. The van der Waals surface area contributed by atoms with Crippen LogP contribution in [0.2, 0.25) is 0 Å². The third kappa shape index (κ3) is 3.91. The molecule has 1 aromatic heterocycles. The summed E-state index contributed by atoms with van der Waals surface area (Å²) in [7, 11) is 2.03. The highest BCUT2D eigenvalue weighted by molar-refractivity contribution is 6.05. The molecular formula is C20H22N4O4. The maximum absolute atomic E-state index is 12.7. The summed E-state index contributed by atoms with van der Waals surface area (Å²) in [6.45, 7) is 3.97. The number of carbonyl (C=O) groups is 2. The number of nitrogens with zero attached hydrogens (tertiary/aromatic N) is 3. The van der Waals surface area contributed by atoms with Crippen molar-refractivity contribution >= 4 is 17.5 Å². The Bertz CT molecular complexity index is 894. The van der Waals surface area contributed by atoms with E-state index in [1.807, 2.05) is 7.05 Å². The van der Waals surface area contributed by atoms with Gasteiger partial charge < -0.3 is 24.6 Å². The first-order valence-electron chi connectivity index (χ1n) is 9.25. The molecule has 28 heavy (non-hydrogen) atoms. The molecule has 146 valence electrons. The number of carbonyl (C=O) groups excluding carboxylic acids is 2. The second-order valence-corrected chi connectivity index (χ2v) is 6.84. The molecule has 8 nitrogen and oxygen atoms in total. The number of benzene rings is 1. The van der Waals surface area contributed by atoms with E-state index in [4.69, 9.17) is 9.47 Å². The molecule has 0 spiro atoms. The standard InChI is InChI=1S/C20H22N4O4/c1-23-6-8-24(9-7-23)20(26)16-12-14(4-5-21-16)19(25)22-15-2-3-17-18(13-15)28-11-10-27-17/h2-5,12-13H,6-11H2,1H3,(H,22,25). The minimum Gasteiger partial charge on any atom is -0.486 e. The SMILES string of the molecule is CN1CCN(C(=O)c2cc(C(=O)Nc3ccc4c(c3)OCCO4)ccn2)CC1. The van der Waals surface area contributed by atoms with Crippen LogP contribution in [-0.2, 0) is 0 Å². The van der Waals surface area contributed by atoms with Crippen LogP contribution in [0.4, 0.5) is 5.69 Å². The minimum absolute atomic E-state index is 0.151. The van der Waals surface area contributed by atoms with Gasteiger partial charge in [-0.15, -0.1) is 0 Å². The van der Waals surface area contributed by atoms with Crippen LogP contribution >= 0.6 is 0 Å².